The molecule has 0 atom stereocenters. The minimum Gasteiger partial charge on any atom is -0.478 e. The van der Waals surface area contributed by atoms with Gasteiger partial charge in [-0.1, -0.05) is 36.4 Å². The molecule has 0 saturated heterocycles. The van der Waals surface area contributed by atoms with Crippen LogP contribution in [0.3, 0.4) is 0 Å². The molecule has 3 N–H and O–H groups in total. The van der Waals surface area contributed by atoms with E-state index in [1.807, 2.05) is 32.0 Å². The number of carbonyl (C=O) groups is 1. The molecule has 0 aromatic heterocycles. The third kappa shape index (κ3) is 4.37. The highest BCUT2D eigenvalue weighted by Crippen LogP contribution is 2.19. The molecule has 0 spiro atoms. The lowest BCUT2D eigenvalue weighted by molar-refractivity contribution is 0.0697. The highest BCUT2D eigenvalue weighted by molar-refractivity contribution is 7.80. The first-order valence-electron chi connectivity index (χ1n) is 6.97. The van der Waals surface area contributed by atoms with E-state index >= 15 is 0 Å². The molecule has 0 saturated carbocycles. The molecule has 0 unspecified atom stereocenters. The van der Waals surface area contributed by atoms with Crippen molar-refractivity contribution >= 4 is 35.2 Å². The topological polar surface area (TPSA) is 73.7 Å². The zero-order valence-electron chi connectivity index (χ0n) is 12.8. The molecule has 0 aliphatic rings. The summed E-state index contributed by atoms with van der Waals surface area (Å²) in [6.07, 6.45) is 1.43. The number of thiocarbonyl (C=S) groups is 1. The van der Waals surface area contributed by atoms with Gasteiger partial charge in [0.05, 0.1) is 11.8 Å². The number of aryl methyl sites for hydroxylation is 2. The Morgan fingerprint density at radius 2 is 1.78 bits per heavy atom. The second kappa shape index (κ2) is 7.51. The van der Waals surface area contributed by atoms with E-state index in [1.165, 1.54) is 12.3 Å². The van der Waals surface area contributed by atoms with Crippen LogP contribution in [-0.4, -0.2) is 22.4 Å². The fraction of sp³-hybridized carbons (Fsp3) is 0.118. The number of hydrogen-bond donors (Lipinski definition) is 3. The summed E-state index contributed by atoms with van der Waals surface area (Å²) in [5, 5.41) is 16.5. The van der Waals surface area contributed by atoms with Crippen LogP contribution >= 0.6 is 12.2 Å². The molecule has 0 heterocycles. The van der Waals surface area contributed by atoms with E-state index in [0.29, 0.717) is 10.7 Å². The van der Waals surface area contributed by atoms with Gasteiger partial charge in [0.25, 0.3) is 0 Å². The quantitative estimate of drug-likeness (QED) is 0.456. The van der Waals surface area contributed by atoms with Crippen molar-refractivity contribution in [3.8, 4) is 0 Å². The number of nitrogens with zero attached hydrogens (tertiary/aromatic N) is 1. The Morgan fingerprint density at radius 1 is 1.13 bits per heavy atom. The summed E-state index contributed by atoms with van der Waals surface area (Å²) < 4.78 is 0. The van der Waals surface area contributed by atoms with Crippen LogP contribution in [0.25, 0.3) is 0 Å². The van der Waals surface area contributed by atoms with Crippen molar-refractivity contribution < 1.29 is 9.90 Å². The van der Waals surface area contributed by atoms with Crippen molar-refractivity contribution in [3.63, 3.8) is 0 Å². The third-order valence-electron chi connectivity index (χ3n) is 3.28. The van der Waals surface area contributed by atoms with E-state index in [-0.39, 0.29) is 5.56 Å². The first-order chi connectivity index (χ1) is 11.0. The van der Waals surface area contributed by atoms with Crippen molar-refractivity contribution in [3.05, 3.63) is 64.7 Å². The number of anilines is 1. The third-order valence-corrected chi connectivity index (χ3v) is 3.47. The van der Waals surface area contributed by atoms with Gasteiger partial charge in [-0.2, -0.15) is 5.10 Å². The molecule has 0 radical (unpaired) electrons. The second-order valence-corrected chi connectivity index (χ2v) is 5.39. The van der Waals surface area contributed by atoms with Crippen molar-refractivity contribution in [2.24, 2.45) is 5.10 Å². The zero-order valence-corrected chi connectivity index (χ0v) is 13.6. The number of aromatic carboxylic acids is 1. The standard InChI is InChI=1S/C17H17N3O2S/c1-11-6-5-7-12(2)15(11)19-17(23)20-18-10-13-8-3-4-9-14(13)16(21)22/h3-10H,1-2H3,(H,21,22)(H2,19,20,23). The molecule has 2 aromatic carbocycles. The van der Waals surface area contributed by atoms with E-state index < -0.39 is 5.97 Å². The Bertz CT molecular complexity index is 752. The van der Waals surface area contributed by atoms with Gasteiger partial charge in [0.2, 0.25) is 0 Å². The van der Waals surface area contributed by atoms with Crippen molar-refractivity contribution in [1.82, 2.24) is 5.43 Å². The van der Waals surface area contributed by atoms with Gasteiger partial charge in [0.1, 0.15) is 0 Å². The summed E-state index contributed by atoms with van der Waals surface area (Å²) in [4.78, 5) is 11.1. The maximum Gasteiger partial charge on any atom is 0.336 e. The lowest BCUT2D eigenvalue weighted by atomic mass is 10.1. The first-order valence-corrected chi connectivity index (χ1v) is 7.38. The van der Waals surface area contributed by atoms with Crippen molar-refractivity contribution in [2.45, 2.75) is 13.8 Å². The maximum absolute atomic E-state index is 11.1. The van der Waals surface area contributed by atoms with Gasteiger partial charge in [-0.25, -0.2) is 4.79 Å². The Morgan fingerprint density at radius 3 is 2.43 bits per heavy atom. The van der Waals surface area contributed by atoms with E-state index in [0.717, 1.165) is 16.8 Å². The number of benzene rings is 2. The van der Waals surface area contributed by atoms with E-state index in [9.17, 15) is 4.79 Å². The summed E-state index contributed by atoms with van der Waals surface area (Å²) in [6, 6.07) is 12.6. The summed E-state index contributed by atoms with van der Waals surface area (Å²) in [5.41, 5.74) is 6.48. The predicted molar refractivity (Wildman–Crippen MR) is 96.3 cm³/mol. The summed E-state index contributed by atoms with van der Waals surface area (Å²) in [6.45, 7) is 3.98. The summed E-state index contributed by atoms with van der Waals surface area (Å²) in [7, 11) is 0. The second-order valence-electron chi connectivity index (χ2n) is 4.98. The van der Waals surface area contributed by atoms with E-state index in [4.69, 9.17) is 17.3 Å². The van der Waals surface area contributed by atoms with Gasteiger partial charge in [0.15, 0.2) is 5.11 Å². The Hall–Kier alpha value is -2.73. The first kappa shape index (κ1) is 16.6. The summed E-state index contributed by atoms with van der Waals surface area (Å²) >= 11 is 5.20. The van der Waals surface area contributed by atoms with E-state index in [2.05, 4.69) is 15.8 Å². The molecule has 0 aliphatic carbocycles. The number of hydrogen-bond acceptors (Lipinski definition) is 3. The number of nitrogens with one attached hydrogen (secondary N) is 2. The average Bonchev–Trinajstić information content (AvgIpc) is 2.51. The molecule has 2 rings (SSSR count). The number of hydrazone groups is 1. The van der Waals surface area contributed by atoms with E-state index in [1.54, 1.807) is 18.2 Å². The molecule has 118 valence electrons. The lowest BCUT2D eigenvalue weighted by Gasteiger charge is -2.12. The van der Waals surface area contributed by atoms with Crippen LogP contribution in [0.4, 0.5) is 5.69 Å². The molecule has 5 nitrogen and oxygen atoms in total. The minimum absolute atomic E-state index is 0.187. The monoisotopic (exact) mass is 327 g/mol. The molecule has 6 heteroatoms. The maximum atomic E-state index is 11.1. The molecule has 2 aromatic rings. The van der Waals surface area contributed by atoms with Crippen LogP contribution in [0.1, 0.15) is 27.0 Å². The largest absolute Gasteiger partial charge is 0.478 e. The van der Waals surface area contributed by atoms with Gasteiger partial charge in [0, 0.05) is 11.3 Å². The van der Waals surface area contributed by atoms with Crippen LogP contribution in [0, 0.1) is 13.8 Å². The number of carboxylic acids is 1. The van der Waals surface area contributed by atoms with Crippen LogP contribution < -0.4 is 10.7 Å². The molecule has 0 aliphatic heterocycles. The number of rotatable bonds is 4. The molecule has 0 amide bonds. The van der Waals surface area contributed by atoms with Crippen LogP contribution in [0.15, 0.2) is 47.6 Å². The molecule has 23 heavy (non-hydrogen) atoms. The van der Waals surface area contributed by atoms with Gasteiger partial charge in [-0.3, -0.25) is 5.43 Å². The van der Waals surface area contributed by atoms with Crippen molar-refractivity contribution in [1.29, 1.82) is 0 Å². The van der Waals surface area contributed by atoms with Crippen LogP contribution in [0.2, 0.25) is 0 Å². The average molecular weight is 327 g/mol. The van der Waals surface area contributed by atoms with Gasteiger partial charge >= 0.3 is 5.97 Å². The highest BCUT2D eigenvalue weighted by Gasteiger charge is 2.07. The fourth-order valence-electron chi connectivity index (χ4n) is 2.12. The lowest BCUT2D eigenvalue weighted by Crippen LogP contribution is -2.24. The zero-order chi connectivity index (χ0) is 16.8. The van der Waals surface area contributed by atoms with Crippen LogP contribution in [-0.2, 0) is 0 Å². The Kier molecular flexibility index (Phi) is 5.43. The smallest absolute Gasteiger partial charge is 0.336 e. The predicted octanol–water partition coefficient (Wildman–Crippen LogP) is 3.32. The van der Waals surface area contributed by atoms with Crippen LogP contribution in [0.5, 0.6) is 0 Å². The molecule has 0 fully saturated rings. The molecule has 0 bridgehead atoms. The SMILES string of the molecule is Cc1cccc(C)c1NC(=S)NN=Cc1ccccc1C(=O)O. The minimum atomic E-state index is -0.997. The van der Waals surface area contributed by atoms with Gasteiger partial charge < -0.3 is 10.4 Å². The molecular weight excluding hydrogens is 310 g/mol. The van der Waals surface area contributed by atoms with Crippen molar-refractivity contribution in [2.75, 3.05) is 5.32 Å². The molecular formula is C17H17N3O2S. The van der Waals surface area contributed by atoms with Gasteiger partial charge in [-0.15, -0.1) is 0 Å². The number of para-hydroxylation sites is 1. The highest BCUT2D eigenvalue weighted by atomic mass is 32.1. The fourth-order valence-corrected chi connectivity index (χ4v) is 2.27. The Balaban J connectivity index is 2.04. The Labute approximate surface area is 140 Å². The summed E-state index contributed by atoms with van der Waals surface area (Å²) in [5.74, 6) is -0.997. The normalized spacial score (nSPS) is 10.5. The van der Waals surface area contributed by atoms with Gasteiger partial charge in [-0.05, 0) is 43.3 Å². The number of carboxylic acid groups (broad SMARTS) is 1.